The van der Waals surface area contributed by atoms with E-state index in [2.05, 4.69) is 0 Å². The van der Waals surface area contributed by atoms with Gasteiger partial charge in [-0.2, -0.15) is 0 Å². The van der Waals surface area contributed by atoms with Crippen LogP contribution < -0.4 is 5.73 Å². The molecule has 0 aromatic heterocycles. The molecule has 0 radical (unpaired) electrons. The third kappa shape index (κ3) is 2.76. The number of hydrogen-bond donors (Lipinski definition) is 1. The van der Waals surface area contributed by atoms with Crippen molar-refractivity contribution >= 4 is 35.0 Å². The first-order valence-electron chi connectivity index (χ1n) is 6.44. The molecular weight excluding hydrogens is 299 g/mol. The maximum absolute atomic E-state index is 12.4. The number of nitrogens with zero attached hydrogens (tertiary/aromatic N) is 1. The van der Waals surface area contributed by atoms with Crippen molar-refractivity contribution in [1.82, 2.24) is 4.90 Å². The topological polar surface area (TPSA) is 63.4 Å². The highest BCUT2D eigenvalue weighted by Crippen LogP contribution is 2.47. The highest BCUT2D eigenvalue weighted by atomic mass is 35.5. The lowest BCUT2D eigenvalue weighted by molar-refractivity contribution is -0.143. The SMILES string of the molecule is CCN(Cc1ccc(Cl)c(Cl)c1)C(=O)C1(C(N)=O)CC1. The predicted octanol–water partition coefficient (Wildman–Crippen LogP) is 2.61. The van der Waals surface area contributed by atoms with Crippen molar-refractivity contribution in [3.8, 4) is 0 Å². The molecule has 1 aliphatic rings. The van der Waals surface area contributed by atoms with E-state index in [0.29, 0.717) is 36.0 Å². The van der Waals surface area contributed by atoms with E-state index in [0.717, 1.165) is 5.56 Å². The van der Waals surface area contributed by atoms with Crippen LogP contribution in [-0.2, 0) is 16.1 Å². The van der Waals surface area contributed by atoms with E-state index in [9.17, 15) is 9.59 Å². The summed E-state index contributed by atoms with van der Waals surface area (Å²) in [7, 11) is 0. The average molecular weight is 315 g/mol. The summed E-state index contributed by atoms with van der Waals surface area (Å²) in [4.78, 5) is 25.5. The number of amides is 2. The molecule has 0 bridgehead atoms. The lowest BCUT2D eigenvalue weighted by atomic mass is 10.0. The Morgan fingerprint density at radius 2 is 1.95 bits per heavy atom. The van der Waals surface area contributed by atoms with Gasteiger partial charge in [-0.25, -0.2) is 0 Å². The first-order chi connectivity index (χ1) is 9.40. The first-order valence-corrected chi connectivity index (χ1v) is 7.19. The van der Waals surface area contributed by atoms with Gasteiger partial charge in [-0.05, 0) is 37.5 Å². The molecule has 0 aliphatic heterocycles. The van der Waals surface area contributed by atoms with Crippen molar-refractivity contribution in [2.45, 2.75) is 26.3 Å². The van der Waals surface area contributed by atoms with Gasteiger partial charge >= 0.3 is 0 Å². The van der Waals surface area contributed by atoms with Crippen LogP contribution in [0.15, 0.2) is 18.2 Å². The smallest absolute Gasteiger partial charge is 0.238 e. The van der Waals surface area contributed by atoms with Crippen molar-refractivity contribution in [3.05, 3.63) is 33.8 Å². The minimum absolute atomic E-state index is 0.196. The number of hydrogen-bond acceptors (Lipinski definition) is 2. The molecule has 0 unspecified atom stereocenters. The summed E-state index contributed by atoms with van der Waals surface area (Å²) in [6, 6.07) is 5.23. The van der Waals surface area contributed by atoms with E-state index in [1.54, 1.807) is 17.0 Å². The number of primary amides is 1. The zero-order valence-corrected chi connectivity index (χ0v) is 12.7. The second kappa shape index (κ2) is 5.62. The zero-order valence-electron chi connectivity index (χ0n) is 11.2. The molecular formula is C14H16Cl2N2O2. The largest absolute Gasteiger partial charge is 0.369 e. The van der Waals surface area contributed by atoms with Crippen molar-refractivity contribution in [1.29, 1.82) is 0 Å². The van der Waals surface area contributed by atoms with Gasteiger partial charge in [0.15, 0.2) is 0 Å². The van der Waals surface area contributed by atoms with Crippen LogP contribution in [0, 0.1) is 5.41 Å². The van der Waals surface area contributed by atoms with Crippen molar-refractivity contribution in [2.24, 2.45) is 11.1 Å². The lowest BCUT2D eigenvalue weighted by Crippen LogP contribution is -2.43. The molecule has 1 aliphatic carbocycles. The summed E-state index contributed by atoms with van der Waals surface area (Å²) >= 11 is 11.8. The van der Waals surface area contributed by atoms with Crippen LogP contribution in [0.3, 0.4) is 0 Å². The van der Waals surface area contributed by atoms with Crippen LogP contribution in [0.4, 0.5) is 0 Å². The Morgan fingerprint density at radius 3 is 2.40 bits per heavy atom. The van der Waals surface area contributed by atoms with Crippen LogP contribution in [-0.4, -0.2) is 23.3 Å². The zero-order chi connectivity index (χ0) is 14.9. The summed E-state index contributed by atoms with van der Waals surface area (Å²) in [5.74, 6) is -0.728. The molecule has 0 atom stereocenters. The maximum atomic E-state index is 12.4. The summed E-state index contributed by atoms with van der Waals surface area (Å²) in [6.45, 7) is 2.77. The van der Waals surface area contributed by atoms with E-state index < -0.39 is 11.3 Å². The van der Waals surface area contributed by atoms with Gasteiger partial charge in [-0.15, -0.1) is 0 Å². The number of nitrogens with two attached hydrogens (primary N) is 1. The molecule has 1 saturated carbocycles. The fourth-order valence-corrected chi connectivity index (χ4v) is 2.50. The molecule has 0 heterocycles. The van der Waals surface area contributed by atoms with Crippen molar-refractivity contribution in [3.63, 3.8) is 0 Å². The molecule has 108 valence electrons. The third-order valence-electron chi connectivity index (χ3n) is 3.66. The average Bonchev–Trinajstić information content (AvgIpc) is 3.20. The molecule has 20 heavy (non-hydrogen) atoms. The molecule has 0 saturated heterocycles. The van der Waals surface area contributed by atoms with Crippen LogP contribution >= 0.6 is 23.2 Å². The Labute approximate surface area is 127 Å². The van der Waals surface area contributed by atoms with Gasteiger partial charge in [0.2, 0.25) is 11.8 Å². The Balaban J connectivity index is 2.15. The Bertz CT molecular complexity index is 556. The van der Waals surface area contributed by atoms with Gasteiger partial charge in [-0.3, -0.25) is 9.59 Å². The Kier molecular flexibility index (Phi) is 4.25. The van der Waals surface area contributed by atoms with E-state index in [1.165, 1.54) is 0 Å². The van der Waals surface area contributed by atoms with Crippen molar-refractivity contribution < 1.29 is 9.59 Å². The van der Waals surface area contributed by atoms with Crippen LogP contribution in [0.1, 0.15) is 25.3 Å². The van der Waals surface area contributed by atoms with Crippen LogP contribution in [0.25, 0.3) is 0 Å². The monoisotopic (exact) mass is 314 g/mol. The molecule has 2 N–H and O–H groups in total. The van der Waals surface area contributed by atoms with Gasteiger partial charge < -0.3 is 10.6 Å². The van der Waals surface area contributed by atoms with Crippen LogP contribution in [0.5, 0.6) is 0 Å². The molecule has 1 aromatic rings. The first kappa shape index (κ1) is 15.1. The summed E-state index contributed by atoms with van der Waals surface area (Å²) in [5.41, 5.74) is 5.23. The molecule has 1 fully saturated rings. The minimum Gasteiger partial charge on any atom is -0.369 e. The van der Waals surface area contributed by atoms with Crippen LogP contribution in [0.2, 0.25) is 10.0 Å². The molecule has 0 spiro atoms. The minimum atomic E-state index is -0.980. The summed E-state index contributed by atoms with van der Waals surface area (Å²) in [6.07, 6.45) is 1.08. The van der Waals surface area contributed by atoms with Gasteiger partial charge in [0.05, 0.1) is 10.0 Å². The lowest BCUT2D eigenvalue weighted by Gasteiger charge is -2.25. The fraction of sp³-hybridized carbons (Fsp3) is 0.429. The third-order valence-corrected chi connectivity index (χ3v) is 4.40. The predicted molar refractivity (Wildman–Crippen MR) is 78.4 cm³/mol. The van der Waals surface area contributed by atoms with Gasteiger partial charge in [0.1, 0.15) is 5.41 Å². The molecule has 4 nitrogen and oxygen atoms in total. The Morgan fingerprint density at radius 1 is 1.30 bits per heavy atom. The van der Waals surface area contributed by atoms with Crippen molar-refractivity contribution in [2.75, 3.05) is 6.54 Å². The standard InChI is InChI=1S/C14H16Cl2N2O2/c1-2-18(13(20)14(5-6-14)12(17)19)8-9-3-4-10(15)11(16)7-9/h3-4,7H,2,5-6,8H2,1H3,(H2,17,19). The van der Waals surface area contributed by atoms with E-state index in [4.69, 9.17) is 28.9 Å². The quantitative estimate of drug-likeness (QED) is 0.849. The fourth-order valence-electron chi connectivity index (χ4n) is 2.18. The van der Waals surface area contributed by atoms with E-state index in [-0.39, 0.29) is 5.91 Å². The Hall–Kier alpha value is -1.26. The number of halogens is 2. The molecule has 6 heteroatoms. The van der Waals surface area contributed by atoms with Gasteiger partial charge in [0, 0.05) is 13.1 Å². The second-order valence-corrected chi connectivity index (χ2v) is 5.83. The molecule has 1 aromatic carbocycles. The number of benzene rings is 1. The summed E-state index contributed by atoms with van der Waals surface area (Å²) < 4.78 is 0. The van der Waals surface area contributed by atoms with Gasteiger partial charge in [0.25, 0.3) is 0 Å². The highest BCUT2D eigenvalue weighted by Gasteiger charge is 2.56. The van der Waals surface area contributed by atoms with Gasteiger partial charge in [-0.1, -0.05) is 29.3 Å². The number of carbonyl (C=O) groups excluding carboxylic acids is 2. The normalized spacial score (nSPS) is 15.8. The second-order valence-electron chi connectivity index (χ2n) is 5.01. The number of carbonyl (C=O) groups is 2. The van der Waals surface area contributed by atoms with E-state index in [1.807, 2.05) is 13.0 Å². The molecule has 2 rings (SSSR count). The number of rotatable bonds is 5. The van der Waals surface area contributed by atoms with E-state index >= 15 is 0 Å². The summed E-state index contributed by atoms with van der Waals surface area (Å²) in [5, 5.41) is 0.921. The molecule has 2 amide bonds. The maximum Gasteiger partial charge on any atom is 0.238 e. The highest BCUT2D eigenvalue weighted by molar-refractivity contribution is 6.42.